The molecule has 2 bridgehead atoms. The number of hydrogen-bond donors (Lipinski definition) is 1. The van der Waals surface area contributed by atoms with Gasteiger partial charge in [0.15, 0.2) is 0 Å². The molecule has 2 fully saturated rings. The fourth-order valence-electron chi connectivity index (χ4n) is 6.19. The van der Waals surface area contributed by atoms with Crippen molar-refractivity contribution in [3.8, 4) is 0 Å². The van der Waals surface area contributed by atoms with Crippen LogP contribution in [0.4, 0.5) is 0 Å². The van der Waals surface area contributed by atoms with Gasteiger partial charge in [-0.3, -0.25) is 9.69 Å². The second kappa shape index (κ2) is 10.3. The third kappa shape index (κ3) is 4.75. The minimum absolute atomic E-state index is 0.0301. The molecule has 0 unspecified atom stereocenters. The maximum atomic E-state index is 12.5. The second-order valence-corrected chi connectivity index (χ2v) is 9.83. The van der Waals surface area contributed by atoms with Crippen molar-refractivity contribution < 1.29 is 9.53 Å². The number of carbonyl (C=O) groups excluding carboxylic acids is 1. The predicted molar refractivity (Wildman–Crippen MR) is 135 cm³/mol. The van der Waals surface area contributed by atoms with Gasteiger partial charge in [0.25, 0.3) is 0 Å². The Balaban J connectivity index is 1.27. The van der Waals surface area contributed by atoms with Gasteiger partial charge in [0, 0.05) is 38.2 Å². The summed E-state index contributed by atoms with van der Waals surface area (Å²) in [6.07, 6.45) is 6.20. The molecule has 6 heteroatoms. The van der Waals surface area contributed by atoms with Crippen LogP contribution < -0.4 is 5.32 Å². The number of hydrogen-bond acceptors (Lipinski definition) is 4. The zero-order valence-electron chi connectivity index (χ0n) is 20.3. The molecule has 0 radical (unpaired) electrons. The second-order valence-electron chi connectivity index (χ2n) is 9.83. The van der Waals surface area contributed by atoms with Gasteiger partial charge < -0.3 is 14.6 Å². The van der Waals surface area contributed by atoms with Crippen LogP contribution in [0.5, 0.6) is 0 Å². The van der Waals surface area contributed by atoms with Crippen LogP contribution in [0.15, 0.2) is 54.6 Å². The number of benzene rings is 2. The highest BCUT2D eigenvalue weighted by atomic mass is 16.5. The molecule has 3 aromatic rings. The number of aromatic nitrogens is 2. The van der Waals surface area contributed by atoms with Crippen LogP contribution in [-0.2, 0) is 9.53 Å². The summed E-state index contributed by atoms with van der Waals surface area (Å²) in [4.78, 5) is 20.0. The highest BCUT2D eigenvalue weighted by Gasteiger charge is 2.41. The monoisotopic (exact) mass is 460 g/mol. The van der Waals surface area contributed by atoms with Crippen LogP contribution in [0.3, 0.4) is 0 Å². The van der Waals surface area contributed by atoms with Crippen LogP contribution in [0.1, 0.15) is 62.0 Å². The standard InChI is InChI=1S/C28H36N4O2/c1-20-29-26-10-6-7-11-27(26)32(20)24-18-22-12-13-23(19-24)31(22)16-14-25(21-8-4-3-5-9-21)30-28(33)15-17-34-2/h3-11,22-25H,12-19H2,1-2H3,(H,30,33)/t22-,23+,24-,25-/m0/s1. The average Bonchev–Trinajstić information content (AvgIpc) is 3.31. The molecule has 2 aliphatic heterocycles. The molecule has 4 atom stereocenters. The maximum Gasteiger partial charge on any atom is 0.222 e. The predicted octanol–water partition coefficient (Wildman–Crippen LogP) is 4.80. The Morgan fingerprint density at radius 3 is 2.50 bits per heavy atom. The number of nitrogens with one attached hydrogen (secondary N) is 1. The van der Waals surface area contributed by atoms with E-state index < -0.39 is 0 Å². The largest absolute Gasteiger partial charge is 0.384 e. The van der Waals surface area contributed by atoms with E-state index >= 15 is 0 Å². The fourth-order valence-corrected chi connectivity index (χ4v) is 6.19. The van der Waals surface area contributed by atoms with Crippen molar-refractivity contribution in [1.29, 1.82) is 0 Å². The third-order valence-electron chi connectivity index (χ3n) is 7.74. The molecule has 6 nitrogen and oxygen atoms in total. The van der Waals surface area contributed by atoms with Crippen LogP contribution in [0.2, 0.25) is 0 Å². The lowest BCUT2D eigenvalue weighted by molar-refractivity contribution is -0.122. The number of methoxy groups -OCH3 is 1. The minimum atomic E-state index is 0.0301. The maximum absolute atomic E-state index is 12.5. The highest BCUT2D eigenvalue weighted by Crippen LogP contribution is 2.42. The third-order valence-corrected chi connectivity index (χ3v) is 7.74. The van der Waals surface area contributed by atoms with Gasteiger partial charge in [-0.1, -0.05) is 42.5 Å². The normalized spacial score (nSPS) is 23.3. The smallest absolute Gasteiger partial charge is 0.222 e. The molecular weight excluding hydrogens is 424 g/mol. The lowest BCUT2D eigenvalue weighted by Crippen LogP contribution is -2.45. The van der Waals surface area contributed by atoms with Gasteiger partial charge in [0.1, 0.15) is 5.82 Å². The van der Waals surface area contributed by atoms with E-state index in [1.165, 1.54) is 36.8 Å². The minimum Gasteiger partial charge on any atom is -0.384 e. The van der Waals surface area contributed by atoms with Crippen molar-refractivity contribution in [2.45, 2.75) is 69.6 Å². The molecule has 2 saturated heterocycles. The van der Waals surface area contributed by atoms with E-state index in [1.807, 2.05) is 6.07 Å². The lowest BCUT2D eigenvalue weighted by atomic mass is 9.95. The van der Waals surface area contributed by atoms with E-state index in [-0.39, 0.29) is 11.9 Å². The molecule has 2 aliphatic rings. The number of amides is 1. The Hall–Kier alpha value is -2.70. The number of aryl methyl sites for hydroxylation is 1. The number of fused-ring (bicyclic) bond motifs is 3. The van der Waals surface area contributed by atoms with E-state index in [0.717, 1.165) is 24.3 Å². The first-order chi connectivity index (χ1) is 16.6. The number of ether oxygens (including phenoxy) is 1. The number of piperidine rings is 1. The topological polar surface area (TPSA) is 59.4 Å². The van der Waals surface area contributed by atoms with Crippen molar-refractivity contribution in [3.63, 3.8) is 0 Å². The summed E-state index contributed by atoms with van der Waals surface area (Å²) >= 11 is 0. The molecule has 0 spiro atoms. The molecule has 34 heavy (non-hydrogen) atoms. The van der Waals surface area contributed by atoms with Gasteiger partial charge in [0.2, 0.25) is 5.91 Å². The molecule has 1 amide bonds. The molecule has 0 aliphatic carbocycles. The summed E-state index contributed by atoms with van der Waals surface area (Å²) < 4.78 is 7.58. The molecular formula is C28H36N4O2. The Morgan fingerprint density at radius 2 is 1.76 bits per heavy atom. The fraction of sp³-hybridized carbons (Fsp3) is 0.500. The number of carbonyl (C=O) groups is 1. The van der Waals surface area contributed by atoms with E-state index in [4.69, 9.17) is 9.72 Å². The van der Waals surface area contributed by atoms with E-state index in [0.29, 0.717) is 31.2 Å². The van der Waals surface area contributed by atoms with Crippen LogP contribution in [0.25, 0.3) is 11.0 Å². The molecule has 2 aromatic carbocycles. The summed E-state index contributed by atoms with van der Waals surface area (Å²) in [5.41, 5.74) is 3.54. The molecule has 3 heterocycles. The molecule has 0 saturated carbocycles. The van der Waals surface area contributed by atoms with Crippen LogP contribution >= 0.6 is 0 Å². The summed E-state index contributed by atoms with van der Waals surface area (Å²) in [6.45, 7) is 3.61. The average molecular weight is 461 g/mol. The Bertz CT molecular complexity index is 1100. The van der Waals surface area contributed by atoms with Crippen LogP contribution in [-0.4, -0.2) is 52.7 Å². The van der Waals surface area contributed by atoms with Crippen molar-refractivity contribution in [2.24, 2.45) is 0 Å². The number of para-hydroxylation sites is 2. The number of imidazole rings is 1. The highest BCUT2D eigenvalue weighted by molar-refractivity contribution is 5.76. The number of nitrogens with zero attached hydrogens (tertiary/aromatic N) is 3. The van der Waals surface area contributed by atoms with Gasteiger partial charge in [0.05, 0.1) is 23.7 Å². The quantitative estimate of drug-likeness (QED) is 0.498. The van der Waals surface area contributed by atoms with Gasteiger partial charge in [-0.15, -0.1) is 0 Å². The summed E-state index contributed by atoms with van der Waals surface area (Å²) in [7, 11) is 1.63. The molecule has 1 aromatic heterocycles. The van der Waals surface area contributed by atoms with Gasteiger partial charge in [-0.05, 0) is 56.7 Å². The van der Waals surface area contributed by atoms with E-state index in [2.05, 4.69) is 70.2 Å². The summed E-state index contributed by atoms with van der Waals surface area (Å²) in [5.74, 6) is 1.18. The van der Waals surface area contributed by atoms with Crippen molar-refractivity contribution in [1.82, 2.24) is 19.8 Å². The van der Waals surface area contributed by atoms with Crippen LogP contribution in [0, 0.1) is 6.92 Å². The van der Waals surface area contributed by atoms with Crippen molar-refractivity contribution in [2.75, 3.05) is 20.3 Å². The lowest BCUT2D eigenvalue weighted by Gasteiger charge is -2.40. The van der Waals surface area contributed by atoms with Gasteiger partial charge >= 0.3 is 0 Å². The van der Waals surface area contributed by atoms with Gasteiger partial charge in [-0.2, -0.15) is 0 Å². The van der Waals surface area contributed by atoms with E-state index in [9.17, 15) is 4.79 Å². The Morgan fingerprint density at radius 1 is 1.06 bits per heavy atom. The Kier molecular flexibility index (Phi) is 6.97. The zero-order valence-corrected chi connectivity index (χ0v) is 20.3. The van der Waals surface area contributed by atoms with Crippen molar-refractivity contribution in [3.05, 3.63) is 66.0 Å². The Labute approximate surface area is 202 Å². The SMILES string of the molecule is COCCC(=O)N[C@@H](CCN1[C@@H]2CC[C@H]1C[C@H](n1c(C)nc3ccccc31)C2)c1ccccc1. The summed E-state index contributed by atoms with van der Waals surface area (Å²) in [6, 6.07) is 20.6. The number of rotatable bonds is 9. The molecule has 1 N–H and O–H groups in total. The van der Waals surface area contributed by atoms with E-state index in [1.54, 1.807) is 7.11 Å². The zero-order chi connectivity index (χ0) is 23.5. The first kappa shape index (κ1) is 23.1. The van der Waals surface area contributed by atoms with Gasteiger partial charge in [-0.25, -0.2) is 4.98 Å². The molecule has 180 valence electrons. The first-order valence-corrected chi connectivity index (χ1v) is 12.7. The molecule has 5 rings (SSSR count). The van der Waals surface area contributed by atoms with Crippen molar-refractivity contribution >= 4 is 16.9 Å². The first-order valence-electron chi connectivity index (χ1n) is 12.7. The summed E-state index contributed by atoms with van der Waals surface area (Å²) in [5, 5.41) is 3.26.